The Balaban J connectivity index is 2.69. The van der Waals surface area contributed by atoms with Gasteiger partial charge in [-0.2, -0.15) is 0 Å². The number of halogens is 1. The molecule has 1 rings (SSSR count). The molecule has 17 heavy (non-hydrogen) atoms. The van der Waals surface area contributed by atoms with E-state index in [-0.39, 0.29) is 11.9 Å². The van der Waals surface area contributed by atoms with Crippen LogP contribution in [0, 0.1) is 12.7 Å². The van der Waals surface area contributed by atoms with Gasteiger partial charge in [0.1, 0.15) is 5.82 Å². The first kappa shape index (κ1) is 14.1. The van der Waals surface area contributed by atoms with Crippen LogP contribution in [0.25, 0.3) is 0 Å². The molecule has 2 nitrogen and oxygen atoms in total. The number of nitrogens with one attached hydrogen (secondary N) is 1. The molecule has 96 valence electrons. The van der Waals surface area contributed by atoms with Crippen LogP contribution in [0.5, 0.6) is 0 Å². The molecule has 3 heteroatoms. The van der Waals surface area contributed by atoms with Crippen molar-refractivity contribution in [1.82, 2.24) is 10.2 Å². The van der Waals surface area contributed by atoms with Crippen molar-refractivity contribution in [3.63, 3.8) is 0 Å². The topological polar surface area (TPSA) is 15.3 Å². The van der Waals surface area contributed by atoms with E-state index >= 15 is 0 Å². The predicted octanol–water partition coefficient (Wildman–Crippen LogP) is 2.74. The van der Waals surface area contributed by atoms with Gasteiger partial charge in [0.15, 0.2) is 0 Å². The Kier molecular flexibility index (Phi) is 5.59. The number of hydrogen-bond donors (Lipinski definition) is 1. The standard InChI is InChI=1S/C14H23FN2/c1-5-17(4)9-8-14(16-3)12-7-6-11(2)13(15)10-12/h6-7,10,14,16H,5,8-9H2,1-4H3. The summed E-state index contributed by atoms with van der Waals surface area (Å²) in [7, 11) is 4.02. The van der Waals surface area contributed by atoms with Crippen LogP contribution >= 0.6 is 0 Å². The van der Waals surface area contributed by atoms with Gasteiger partial charge in [-0.05, 0) is 57.7 Å². The van der Waals surface area contributed by atoms with Crippen molar-refractivity contribution < 1.29 is 4.39 Å². The van der Waals surface area contributed by atoms with Crippen molar-refractivity contribution in [2.45, 2.75) is 26.3 Å². The van der Waals surface area contributed by atoms with E-state index in [1.54, 1.807) is 13.0 Å². The van der Waals surface area contributed by atoms with Gasteiger partial charge < -0.3 is 10.2 Å². The average molecular weight is 238 g/mol. The molecule has 0 aliphatic heterocycles. The Morgan fingerprint density at radius 2 is 2.12 bits per heavy atom. The molecule has 0 saturated heterocycles. The third-order valence-electron chi connectivity index (χ3n) is 3.29. The van der Waals surface area contributed by atoms with Gasteiger partial charge in [0, 0.05) is 6.04 Å². The molecule has 0 aliphatic rings. The van der Waals surface area contributed by atoms with Gasteiger partial charge in [0.25, 0.3) is 0 Å². The Morgan fingerprint density at radius 3 is 2.65 bits per heavy atom. The third-order valence-corrected chi connectivity index (χ3v) is 3.29. The molecule has 0 fully saturated rings. The molecule has 1 aromatic rings. The highest BCUT2D eigenvalue weighted by molar-refractivity contribution is 5.25. The molecule has 1 aromatic carbocycles. The lowest BCUT2D eigenvalue weighted by atomic mass is 10.0. The summed E-state index contributed by atoms with van der Waals surface area (Å²) in [4.78, 5) is 2.26. The largest absolute Gasteiger partial charge is 0.313 e. The zero-order valence-corrected chi connectivity index (χ0v) is 11.3. The first-order chi connectivity index (χ1) is 8.08. The molecule has 0 aliphatic carbocycles. The first-order valence-corrected chi connectivity index (χ1v) is 6.20. The maximum atomic E-state index is 13.5. The summed E-state index contributed by atoms with van der Waals surface area (Å²) >= 11 is 0. The maximum Gasteiger partial charge on any atom is 0.126 e. The average Bonchev–Trinajstić information content (AvgIpc) is 2.33. The Hall–Kier alpha value is -0.930. The predicted molar refractivity (Wildman–Crippen MR) is 70.7 cm³/mol. The molecule has 1 N–H and O–H groups in total. The smallest absolute Gasteiger partial charge is 0.126 e. The van der Waals surface area contributed by atoms with Crippen molar-refractivity contribution in [1.29, 1.82) is 0 Å². The number of nitrogens with zero attached hydrogens (tertiary/aromatic N) is 1. The van der Waals surface area contributed by atoms with Crippen LogP contribution in [-0.2, 0) is 0 Å². The third kappa shape index (κ3) is 4.10. The second kappa shape index (κ2) is 6.72. The van der Waals surface area contributed by atoms with Gasteiger partial charge in [-0.25, -0.2) is 4.39 Å². The Labute approximate surface area is 104 Å². The van der Waals surface area contributed by atoms with E-state index in [2.05, 4.69) is 24.2 Å². The van der Waals surface area contributed by atoms with Crippen LogP contribution in [0.15, 0.2) is 18.2 Å². The van der Waals surface area contributed by atoms with Crippen LogP contribution in [-0.4, -0.2) is 32.1 Å². The summed E-state index contributed by atoms with van der Waals surface area (Å²) in [6, 6.07) is 5.71. The fourth-order valence-electron chi connectivity index (χ4n) is 1.81. The monoisotopic (exact) mass is 238 g/mol. The van der Waals surface area contributed by atoms with Crippen molar-refractivity contribution in [3.05, 3.63) is 35.1 Å². The van der Waals surface area contributed by atoms with Gasteiger partial charge in [0.2, 0.25) is 0 Å². The fraction of sp³-hybridized carbons (Fsp3) is 0.571. The Morgan fingerprint density at radius 1 is 1.41 bits per heavy atom. The molecule has 0 aromatic heterocycles. The Bertz CT molecular complexity index is 352. The normalized spacial score (nSPS) is 13.1. The fourth-order valence-corrected chi connectivity index (χ4v) is 1.81. The van der Waals surface area contributed by atoms with E-state index in [4.69, 9.17) is 0 Å². The van der Waals surface area contributed by atoms with Crippen LogP contribution in [0.3, 0.4) is 0 Å². The van der Waals surface area contributed by atoms with Crippen LogP contribution < -0.4 is 5.32 Å². The maximum absolute atomic E-state index is 13.5. The van der Waals surface area contributed by atoms with Crippen molar-refractivity contribution in [2.75, 3.05) is 27.2 Å². The quantitative estimate of drug-likeness (QED) is 0.820. The lowest BCUT2D eigenvalue weighted by molar-refractivity contribution is 0.325. The summed E-state index contributed by atoms with van der Waals surface area (Å²) in [5.41, 5.74) is 1.73. The molecule has 0 bridgehead atoms. The summed E-state index contributed by atoms with van der Waals surface area (Å²) < 4.78 is 13.5. The zero-order chi connectivity index (χ0) is 12.8. The lowest BCUT2D eigenvalue weighted by Crippen LogP contribution is -2.25. The van der Waals surface area contributed by atoms with E-state index in [0.29, 0.717) is 5.56 Å². The van der Waals surface area contributed by atoms with E-state index in [9.17, 15) is 4.39 Å². The van der Waals surface area contributed by atoms with Crippen molar-refractivity contribution in [3.8, 4) is 0 Å². The van der Waals surface area contributed by atoms with Gasteiger partial charge in [-0.3, -0.25) is 0 Å². The van der Waals surface area contributed by atoms with Gasteiger partial charge in [-0.1, -0.05) is 19.1 Å². The van der Waals surface area contributed by atoms with Crippen LogP contribution in [0.4, 0.5) is 4.39 Å². The van der Waals surface area contributed by atoms with Gasteiger partial charge >= 0.3 is 0 Å². The van der Waals surface area contributed by atoms with Crippen molar-refractivity contribution >= 4 is 0 Å². The summed E-state index contributed by atoms with van der Waals surface area (Å²) in [6.45, 7) is 5.98. The SMILES string of the molecule is CCN(C)CCC(NC)c1ccc(C)c(F)c1. The molecule has 0 amide bonds. The molecular formula is C14H23FN2. The zero-order valence-electron chi connectivity index (χ0n) is 11.3. The second-order valence-electron chi connectivity index (χ2n) is 4.53. The lowest BCUT2D eigenvalue weighted by Gasteiger charge is -2.21. The second-order valence-corrected chi connectivity index (χ2v) is 4.53. The number of hydrogen-bond acceptors (Lipinski definition) is 2. The molecule has 1 atom stereocenters. The summed E-state index contributed by atoms with van der Waals surface area (Å²) in [5, 5.41) is 3.25. The first-order valence-electron chi connectivity index (χ1n) is 6.20. The molecule has 0 saturated carbocycles. The number of benzene rings is 1. The highest BCUT2D eigenvalue weighted by Gasteiger charge is 2.11. The number of aryl methyl sites for hydroxylation is 1. The number of rotatable bonds is 6. The highest BCUT2D eigenvalue weighted by atomic mass is 19.1. The molecule has 0 radical (unpaired) electrons. The minimum Gasteiger partial charge on any atom is -0.313 e. The summed E-state index contributed by atoms with van der Waals surface area (Å²) in [6.07, 6.45) is 0.989. The minimum absolute atomic E-state index is 0.119. The van der Waals surface area contributed by atoms with Crippen molar-refractivity contribution in [2.24, 2.45) is 0 Å². The molecule has 1 unspecified atom stereocenters. The van der Waals surface area contributed by atoms with E-state index < -0.39 is 0 Å². The molecule has 0 heterocycles. The van der Waals surface area contributed by atoms with E-state index in [1.165, 1.54) is 0 Å². The van der Waals surface area contributed by atoms with Crippen LogP contribution in [0.1, 0.15) is 30.5 Å². The van der Waals surface area contributed by atoms with E-state index in [1.807, 2.05) is 19.2 Å². The molecule has 0 spiro atoms. The van der Waals surface area contributed by atoms with Crippen LogP contribution in [0.2, 0.25) is 0 Å². The van der Waals surface area contributed by atoms with Gasteiger partial charge in [-0.15, -0.1) is 0 Å². The highest BCUT2D eigenvalue weighted by Crippen LogP contribution is 2.19. The molecular weight excluding hydrogens is 215 g/mol. The minimum atomic E-state index is -0.119. The van der Waals surface area contributed by atoms with Gasteiger partial charge in [0.05, 0.1) is 0 Å². The van der Waals surface area contributed by atoms with E-state index in [0.717, 1.165) is 25.1 Å². The summed E-state index contributed by atoms with van der Waals surface area (Å²) in [5.74, 6) is -0.119.